The number of hydrogen-bond donors (Lipinski definition) is 2. The number of carbonyl (C=O) groups is 1. The van der Waals surface area contributed by atoms with Crippen LogP contribution in [0.25, 0.3) is 0 Å². The number of nitro groups is 1. The molecule has 2 aromatic rings. The number of nitro benzene ring substituents is 1. The Morgan fingerprint density at radius 3 is 2.43 bits per heavy atom. The molecule has 7 heteroatoms. The molecular weight excluding hydrogens is 272 g/mol. The van der Waals surface area contributed by atoms with E-state index in [1.54, 1.807) is 0 Å². The molecule has 2 aromatic carbocycles. The Kier molecular flexibility index (Phi) is 4.03. The number of benzene rings is 2. The Hall–Kier alpha value is -3.09. The summed E-state index contributed by atoms with van der Waals surface area (Å²) in [5.74, 6) is 0. The summed E-state index contributed by atoms with van der Waals surface area (Å²) < 4.78 is 0. The summed E-state index contributed by atoms with van der Waals surface area (Å²) >= 11 is 0. The molecule has 0 saturated heterocycles. The van der Waals surface area contributed by atoms with Crippen molar-refractivity contribution in [2.24, 2.45) is 5.73 Å². The van der Waals surface area contributed by atoms with Crippen molar-refractivity contribution in [2.45, 2.75) is 6.54 Å². The van der Waals surface area contributed by atoms with Gasteiger partial charge < -0.3 is 11.5 Å². The third-order valence-electron chi connectivity index (χ3n) is 2.97. The molecule has 0 bridgehead atoms. The molecule has 0 aliphatic rings. The lowest BCUT2D eigenvalue weighted by Crippen LogP contribution is -2.35. The zero-order valence-corrected chi connectivity index (χ0v) is 11.1. The molecule has 0 heterocycles. The standard InChI is InChI=1S/C14H14N4O3/c15-12-7-6-11(18(20)21)8-13(12)17(14(16)19)9-10-4-2-1-3-5-10/h1-8H,9,15H2,(H2,16,19). The van der Waals surface area contributed by atoms with E-state index < -0.39 is 11.0 Å². The maximum absolute atomic E-state index is 11.7. The largest absolute Gasteiger partial charge is 0.397 e. The van der Waals surface area contributed by atoms with Gasteiger partial charge >= 0.3 is 6.03 Å². The van der Waals surface area contributed by atoms with E-state index >= 15 is 0 Å². The monoisotopic (exact) mass is 286 g/mol. The van der Waals surface area contributed by atoms with Crippen LogP contribution < -0.4 is 16.4 Å². The first-order valence-electron chi connectivity index (χ1n) is 6.14. The maximum atomic E-state index is 11.7. The third-order valence-corrected chi connectivity index (χ3v) is 2.97. The van der Waals surface area contributed by atoms with Gasteiger partial charge in [0.25, 0.3) is 5.69 Å². The Bertz CT molecular complexity index is 673. The number of primary amides is 1. The molecule has 21 heavy (non-hydrogen) atoms. The van der Waals surface area contributed by atoms with Gasteiger partial charge in [0.05, 0.1) is 22.8 Å². The molecule has 108 valence electrons. The fraction of sp³-hybridized carbons (Fsp3) is 0.0714. The number of urea groups is 1. The van der Waals surface area contributed by atoms with Gasteiger partial charge in [0.2, 0.25) is 0 Å². The lowest BCUT2D eigenvalue weighted by Gasteiger charge is -2.22. The van der Waals surface area contributed by atoms with Crippen molar-refractivity contribution in [3.05, 3.63) is 64.2 Å². The van der Waals surface area contributed by atoms with Crippen LogP contribution in [0.15, 0.2) is 48.5 Å². The normalized spacial score (nSPS) is 10.1. The van der Waals surface area contributed by atoms with Gasteiger partial charge in [0.1, 0.15) is 0 Å². The number of nitrogens with two attached hydrogens (primary N) is 2. The average Bonchev–Trinajstić information content (AvgIpc) is 2.46. The van der Waals surface area contributed by atoms with Crippen LogP contribution in [0.5, 0.6) is 0 Å². The lowest BCUT2D eigenvalue weighted by molar-refractivity contribution is -0.384. The molecule has 0 aromatic heterocycles. The number of nitrogen functional groups attached to an aromatic ring is 1. The molecule has 0 aliphatic carbocycles. The molecule has 0 atom stereocenters. The van der Waals surface area contributed by atoms with Crippen LogP contribution in [0.1, 0.15) is 5.56 Å². The van der Waals surface area contributed by atoms with Crippen LogP contribution in [0, 0.1) is 10.1 Å². The Balaban J connectivity index is 2.41. The highest BCUT2D eigenvalue weighted by atomic mass is 16.6. The van der Waals surface area contributed by atoms with E-state index in [-0.39, 0.29) is 23.6 Å². The summed E-state index contributed by atoms with van der Waals surface area (Å²) in [6, 6.07) is 12.3. The molecule has 7 nitrogen and oxygen atoms in total. The van der Waals surface area contributed by atoms with Crippen molar-refractivity contribution >= 4 is 23.1 Å². The van der Waals surface area contributed by atoms with Crippen LogP contribution in [0.3, 0.4) is 0 Å². The van der Waals surface area contributed by atoms with Gasteiger partial charge in [-0.15, -0.1) is 0 Å². The first kappa shape index (κ1) is 14.3. The Morgan fingerprint density at radius 2 is 1.86 bits per heavy atom. The van der Waals surface area contributed by atoms with Crippen molar-refractivity contribution in [3.63, 3.8) is 0 Å². The highest BCUT2D eigenvalue weighted by Crippen LogP contribution is 2.29. The minimum Gasteiger partial charge on any atom is -0.397 e. The molecule has 0 aliphatic heterocycles. The fourth-order valence-electron chi connectivity index (χ4n) is 1.93. The minimum atomic E-state index is -0.731. The molecule has 0 unspecified atom stereocenters. The van der Waals surface area contributed by atoms with Crippen LogP contribution in [0.4, 0.5) is 21.9 Å². The molecule has 0 saturated carbocycles. The van der Waals surface area contributed by atoms with E-state index in [1.807, 2.05) is 30.3 Å². The molecule has 0 radical (unpaired) electrons. The minimum absolute atomic E-state index is 0.154. The van der Waals surface area contributed by atoms with Crippen molar-refractivity contribution in [3.8, 4) is 0 Å². The van der Waals surface area contributed by atoms with Crippen LogP contribution in [-0.2, 0) is 6.54 Å². The van der Waals surface area contributed by atoms with Crippen LogP contribution in [-0.4, -0.2) is 11.0 Å². The Morgan fingerprint density at radius 1 is 1.19 bits per heavy atom. The van der Waals surface area contributed by atoms with E-state index in [0.29, 0.717) is 0 Å². The van der Waals surface area contributed by atoms with E-state index in [0.717, 1.165) is 5.56 Å². The van der Waals surface area contributed by atoms with E-state index in [2.05, 4.69) is 0 Å². The number of nitrogens with zero attached hydrogens (tertiary/aromatic N) is 2. The number of rotatable bonds is 4. The summed E-state index contributed by atoms with van der Waals surface area (Å²) in [5.41, 5.74) is 12.3. The predicted octanol–water partition coefficient (Wildman–Crippen LogP) is 2.26. The van der Waals surface area contributed by atoms with Crippen LogP contribution >= 0.6 is 0 Å². The maximum Gasteiger partial charge on any atom is 0.319 e. The summed E-state index contributed by atoms with van der Waals surface area (Å²) in [4.78, 5) is 23.2. The molecule has 0 fully saturated rings. The second kappa shape index (κ2) is 5.91. The molecule has 4 N–H and O–H groups in total. The first-order chi connectivity index (χ1) is 9.99. The second-order valence-corrected chi connectivity index (χ2v) is 4.41. The zero-order valence-electron chi connectivity index (χ0n) is 11.1. The third kappa shape index (κ3) is 3.27. The van der Waals surface area contributed by atoms with Gasteiger partial charge in [-0.25, -0.2) is 4.79 Å². The molecule has 0 spiro atoms. The number of amides is 2. The van der Waals surface area contributed by atoms with Gasteiger partial charge in [-0.2, -0.15) is 0 Å². The SMILES string of the molecule is NC(=O)N(Cc1ccccc1)c1cc([N+](=O)[O-])ccc1N. The highest BCUT2D eigenvalue weighted by Gasteiger charge is 2.19. The average molecular weight is 286 g/mol. The zero-order chi connectivity index (χ0) is 15.4. The molecule has 2 rings (SSSR count). The quantitative estimate of drug-likeness (QED) is 0.509. The van der Waals surface area contributed by atoms with Gasteiger partial charge in [-0.1, -0.05) is 30.3 Å². The summed E-state index contributed by atoms with van der Waals surface area (Å²) in [6.45, 7) is 0.182. The number of hydrogen-bond acceptors (Lipinski definition) is 4. The van der Waals surface area contributed by atoms with Crippen LogP contribution in [0.2, 0.25) is 0 Å². The van der Waals surface area contributed by atoms with Gasteiger partial charge in [-0.3, -0.25) is 15.0 Å². The van der Waals surface area contributed by atoms with Gasteiger partial charge in [0.15, 0.2) is 0 Å². The van der Waals surface area contributed by atoms with E-state index in [4.69, 9.17) is 11.5 Å². The van der Waals surface area contributed by atoms with Crippen molar-refractivity contribution in [2.75, 3.05) is 10.6 Å². The summed E-state index contributed by atoms with van der Waals surface area (Å²) in [7, 11) is 0. The first-order valence-corrected chi connectivity index (χ1v) is 6.14. The van der Waals surface area contributed by atoms with Gasteiger partial charge in [0, 0.05) is 12.1 Å². The van der Waals surface area contributed by atoms with Crippen molar-refractivity contribution in [1.29, 1.82) is 0 Å². The topological polar surface area (TPSA) is 115 Å². The molecule has 2 amide bonds. The lowest BCUT2D eigenvalue weighted by atomic mass is 10.1. The fourth-order valence-corrected chi connectivity index (χ4v) is 1.93. The van der Waals surface area contributed by atoms with Crippen molar-refractivity contribution < 1.29 is 9.72 Å². The van der Waals surface area contributed by atoms with E-state index in [9.17, 15) is 14.9 Å². The predicted molar refractivity (Wildman–Crippen MR) is 79.7 cm³/mol. The Labute approximate surface area is 120 Å². The number of anilines is 2. The highest BCUT2D eigenvalue weighted by molar-refractivity contribution is 5.94. The molecular formula is C14H14N4O3. The van der Waals surface area contributed by atoms with Crippen molar-refractivity contribution in [1.82, 2.24) is 0 Å². The second-order valence-electron chi connectivity index (χ2n) is 4.41. The smallest absolute Gasteiger partial charge is 0.319 e. The number of non-ortho nitro benzene ring substituents is 1. The summed E-state index contributed by atoms with van der Waals surface area (Å²) in [6.07, 6.45) is 0. The number of carbonyl (C=O) groups excluding carboxylic acids is 1. The summed E-state index contributed by atoms with van der Waals surface area (Å²) in [5, 5.41) is 10.8. The van der Waals surface area contributed by atoms with Gasteiger partial charge in [-0.05, 0) is 11.6 Å². The van der Waals surface area contributed by atoms with E-state index in [1.165, 1.54) is 23.1 Å².